The van der Waals surface area contributed by atoms with Gasteiger partial charge in [0.15, 0.2) is 5.69 Å². The van der Waals surface area contributed by atoms with Crippen LogP contribution in [0.15, 0.2) is 22.9 Å². The molecule has 20 heavy (non-hydrogen) atoms. The molecule has 0 N–H and O–H groups in total. The van der Waals surface area contributed by atoms with Gasteiger partial charge in [-0.3, -0.25) is 0 Å². The van der Waals surface area contributed by atoms with Gasteiger partial charge in [0.25, 0.3) is 0 Å². The Kier molecular flexibility index (Phi) is 3.78. The zero-order valence-corrected chi connectivity index (χ0v) is 11.7. The predicted octanol–water partition coefficient (Wildman–Crippen LogP) is 2.23. The quantitative estimate of drug-likeness (QED) is 0.810. The summed E-state index contributed by atoms with van der Waals surface area (Å²) in [6.07, 6.45) is -1.94. The molecule has 10 heteroatoms. The average molecular weight is 323 g/mol. The van der Waals surface area contributed by atoms with E-state index in [9.17, 15) is 21.6 Å². The molecule has 2 heterocycles. The average Bonchev–Trinajstić information content (AvgIpc) is 2.77. The molecule has 0 radical (unpaired) electrons. The number of nitrogens with zero attached hydrogens (tertiary/aromatic N) is 3. The van der Waals surface area contributed by atoms with Crippen molar-refractivity contribution in [3.8, 4) is 0 Å². The summed E-state index contributed by atoms with van der Waals surface area (Å²) in [5.74, 6) is -0.656. The van der Waals surface area contributed by atoms with E-state index in [2.05, 4.69) is 15.0 Å². The molecule has 0 aliphatic carbocycles. The minimum atomic E-state index is -4.58. The van der Waals surface area contributed by atoms with Crippen molar-refractivity contribution in [3.63, 3.8) is 0 Å². The van der Waals surface area contributed by atoms with Crippen LogP contribution in [0.1, 0.15) is 16.3 Å². The number of sulfone groups is 1. The lowest BCUT2D eigenvalue weighted by Crippen LogP contribution is -2.10. The number of rotatable bonds is 3. The Labute approximate surface area is 116 Å². The third-order valence-corrected chi connectivity index (χ3v) is 4.64. The second kappa shape index (κ2) is 5.09. The number of hydrogen-bond acceptors (Lipinski definition) is 6. The van der Waals surface area contributed by atoms with Crippen molar-refractivity contribution in [2.75, 3.05) is 0 Å². The summed E-state index contributed by atoms with van der Waals surface area (Å²) in [5.41, 5.74) is -0.421. The van der Waals surface area contributed by atoms with Crippen LogP contribution in [0.3, 0.4) is 0 Å². The predicted molar refractivity (Wildman–Crippen MR) is 64.8 cm³/mol. The van der Waals surface area contributed by atoms with Crippen LogP contribution in [-0.4, -0.2) is 23.4 Å². The highest BCUT2D eigenvalue weighted by atomic mass is 32.2. The standard InChI is InChI=1S/C10H8F3N3O2S2/c1-6-2-14-9(15-3-6)20(17,18)5-8-16-7(4-19-8)10(11,12)13/h2-4H,5H2,1H3. The lowest BCUT2D eigenvalue weighted by atomic mass is 10.4. The van der Waals surface area contributed by atoms with Crippen LogP contribution in [0.4, 0.5) is 13.2 Å². The Hall–Kier alpha value is -1.55. The molecule has 2 aromatic heterocycles. The van der Waals surface area contributed by atoms with Crippen molar-refractivity contribution in [1.82, 2.24) is 15.0 Å². The second-order valence-electron chi connectivity index (χ2n) is 3.93. The Bertz CT molecular complexity index is 708. The van der Waals surface area contributed by atoms with E-state index in [0.29, 0.717) is 16.9 Å². The number of thiazole rings is 1. The van der Waals surface area contributed by atoms with Gasteiger partial charge in [-0.15, -0.1) is 11.3 Å². The molecule has 0 amide bonds. The van der Waals surface area contributed by atoms with E-state index in [4.69, 9.17) is 0 Å². The van der Waals surface area contributed by atoms with Crippen molar-refractivity contribution in [1.29, 1.82) is 0 Å². The van der Waals surface area contributed by atoms with Crippen molar-refractivity contribution in [3.05, 3.63) is 34.0 Å². The Balaban J connectivity index is 2.25. The largest absolute Gasteiger partial charge is 0.434 e. The van der Waals surface area contributed by atoms with E-state index in [-0.39, 0.29) is 5.01 Å². The van der Waals surface area contributed by atoms with Crippen LogP contribution in [0.5, 0.6) is 0 Å². The summed E-state index contributed by atoms with van der Waals surface area (Å²) in [4.78, 5) is 10.6. The van der Waals surface area contributed by atoms with Crippen LogP contribution in [0, 0.1) is 6.92 Å². The number of aryl methyl sites for hydroxylation is 1. The molecule has 0 spiro atoms. The van der Waals surface area contributed by atoms with E-state index in [1.165, 1.54) is 12.4 Å². The van der Waals surface area contributed by atoms with E-state index in [0.717, 1.165) is 5.38 Å². The highest BCUT2D eigenvalue weighted by Crippen LogP contribution is 2.30. The first-order valence-corrected chi connectivity index (χ1v) is 7.75. The second-order valence-corrected chi connectivity index (χ2v) is 6.75. The highest BCUT2D eigenvalue weighted by Gasteiger charge is 2.34. The summed E-state index contributed by atoms with van der Waals surface area (Å²) < 4.78 is 61.0. The molecule has 108 valence electrons. The molecular formula is C10H8F3N3O2S2. The molecule has 0 bridgehead atoms. The minimum absolute atomic E-state index is 0.151. The van der Waals surface area contributed by atoms with Gasteiger partial charge in [0.2, 0.25) is 15.0 Å². The van der Waals surface area contributed by atoms with Gasteiger partial charge in [0, 0.05) is 17.8 Å². The van der Waals surface area contributed by atoms with Crippen molar-refractivity contribution >= 4 is 21.2 Å². The minimum Gasteiger partial charge on any atom is -0.236 e. The van der Waals surface area contributed by atoms with Gasteiger partial charge in [-0.05, 0) is 12.5 Å². The first kappa shape index (κ1) is 14.9. The molecule has 0 aliphatic heterocycles. The maximum Gasteiger partial charge on any atom is 0.434 e. The topological polar surface area (TPSA) is 72.8 Å². The van der Waals surface area contributed by atoms with Crippen LogP contribution in [-0.2, 0) is 21.8 Å². The number of hydrogen-bond donors (Lipinski definition) is 0. The van der Waals surface area contributed by atoms with Gasteiger partial charge < -0.3 is 0 Å². The Morgan fingerprint density at radius 1 is 1.25 bits per heavy atom. The lowest BCUT2D eigenvalue weighted by molar-refractivity contribution is -0.140. The van der Waals surface area contributed by atoms with E-state index >= 15 is 0 Å². The smallest absolute Gasteiger partial charge is 0.236 e. The highest BCUT2D eigenvalue weighted by molar-refractivity contribution is 7.90. The van der Waals surface area contributed by atoms with Crippen molar-refractivity contribution in [2.24, 2.45) is 0 Å². The molecule has 0 saturated heterocycles. The molecule has 2 rings (SSSR count). The molecule has 0 saturated carbocycles. The third kappa shape index (κ3) is 3.31. The molecule has 2 aromatic rings. The van der Waals surface area contributed by atoms with Gasteiger partial charge in [-0.25, -0.2) is 23.4 Å². The van der Waals surface area contributed by atoms with Crippen LogP contribution in [0.2, 0.25) is 0 Å². The monoisotopic (exact) mass is 323 g/mol. The first-order valence-electron chi connectivity index (χ1n) is 5.21. The van der Waals surface area contributed by atoms with Crippen molar-refractivity contribution in [2.45, 2.75) is 24.0 Å². The fourth-order valence-corrected chi connectivity index (χ4v) is 3.54. The molecule has 0 fully saturated rings. The molecule has 0 aromatic carbocycles. The zero-order chi connectivity index (χ0) is 15.0. The number of alkyl halides is 3. The van der Waals surface area contributed by atoms with Gasteiger partial charge >= 0.3 is 6.18 Å². The fourth-order valence-electron chi connectivity index (χ4n) is 1.28. The number of halogens is 3. The van der Waals surface area contributed by atoms with E-state index in [1.807, 2.05) is 0 Å². The SMILES string of the molecule is Cc1cnc(S(=O)(=O)Cc2nc(C(F)(F)F)cs2)nc1. The normalized spacial score (nSPS) is 12.6. The van der Waals surface area contributed by atoms with Crippen LogP contribution < -0.4 is 0 Å². The van der Waals surface area contributed by atoms with Crippen LogP contribution in [0.25, 0.3) is 0 Å². The van der Waals surface area contributed by atoms with Crippen LogP contribution >= 0.6 is 11.3 Å². The number of aromatic nitrogens is 3. The lowest BCUT2D eigenvalue weighted by Gasteiger charge is -2.01. The molecule has 0 atom stereocenters. The maximum absolute atomic E-state index is 12.4. The Morgan fingerprint density at radius 2 is 1.85 bits per heavy atom. The fraction of sp³-hybridized carbons (Fsp3) is 0.300. The molecule has 0 unspecified atom stereocenters. The van der Waals surface area contributed by atoms with Gasteiger partial charge in [-0.2, -0.15) is 13.2 Å². The maximum atomic E-state index is 12.4. The molecule has 0 aliphatic rings. The first-order chi connectivity index (χ1) is 9.18. The van der Waals surface area contributed by atoms with Crippen molar-refractivity contribution < 1.29 is 21.6 Å². The summed E-state index contributed by atoms with van der Waals surface area (Å²) in [7, 11) is -3.90. The summed E-state index contributed by atoms with van der Waals surface area (Å²) >= 11 is 0.635. The van der Waals surface area contributed by atoms with E-state index < -0.39 is 32.6 Å². The Morgan fingerprint density at radius 3 is 2.35 bits per heavy atom. The van der Waals surface area contributed by atoms with Gasteiger partial charge in [0.05, 0.1) is 0 Å². The summed E-state index contributed by atoms with van der Waals surface area (Å²) in [5, 5.41) is 0.203. The zero-order valence-electron chi connectivity index (χ0n) is 10.0. The third-order valence-electron chi connectivity index (χ3n) is 2.19. The van der Waals surface area contributed by atoms with Gasteiger partial charge in [0.1, 0.15) is 10.8 Å². The van der Waals surface area contributed by atoms with E-state index in [1.54, 1.807) is 6.92 Å². The molecule has 5 nitrogen and oxygen atoms in total. The summed E-state index contributed by atoms with van der Waals surface area (Å²) in [6.45, 7) is 1.69. The van der Waals surface area contributed by atoms with Gasteiger partial charge in [-0.1, -0.05) is 0 Å². The summed E-state index contributed by atoms with van der Waals surface area (Å²) in [6, 6.07) is 0. The molecular weight excluding hydrogens is 315 g/mol.